The number of piperidine rings is 1. The molecule has 0 spiro atoms. The fraction of sp³-hybridized carbons (Fsp3) is 0.333. The van der Waals surface area contributed by atoms with Gasteiger partial charge in [-0.25, -0.2) is 9.37 Å². The van der Waals surface area contributed by atoms with E-state index >= 15 is 0 Å². The molecule has 1 amide bonds. The standard InChI is InChI=1S/C24H24FN5O3/c1-15-20(14-29(2)27-15)21-11-22(33-28-21)24(31)30-8-4-6-17(13-30)23-26-12-19(32-23)10-16-5-3-7-18(25)9-16/h3,5,7,9,11-12,14,17H,4,6,8,10,13H2,1-2H3. The second-order valence-electron chi connectivity index (χ2n) is 8.44. The van der Waals surface area contributed by atoms with Crippen molar-refractivity contribution in [3.8, 4) is 11.3 Å². The van der Waals surface area contributed by atoms with E-state index in [0.29, 0.717) is 36.9 Å². The molecule has 1 aliphatic rings. The molecule has 0 N–H and O–H groups in total. The third kappa shape index (κ3) is 4.44. The fourth-order valence-electron chi connectivity index (χ4n) is 4.31. The first-order valence-electron chi connectivity index (χ1n) is 10.9. The van der Waals surface area contributed by atoms with E-state index in [4.69, 9.17) is 8.94 Å². The lowest BCUT2D eigenvalue weighted by Crippen LogP contribution is -2.39. The lowest BCUT2D eigenvalue weighted by Gasteiger charge is -2.30. The van der Waals surface area contributed by atoms with E-state index in [1.807, 2.05) is 26.2 Å². The third-order valence-corrected chi connectivity index (χ3v) is 5.91. The predicted octanol–water partition coefficient (Wildman–Crippen LogP) is 4.12. The van der Waals surface area contributed by atoms with Crippen LogP contribution in [0.1, 0.15) is 52.2 Å². The zero-order chi connectivity index (χ0) is 22.9. The summed E-state index contributed by atoms with van der Waals surface area (Å²) in [6.07, 6.45) is 5.71. The topological polar surface area (TPSA) is 90.2 Å². The number of nitrogens with zero attached hydrogens (tertiary/aromatic N) is 5. The molecular formula is C24H24FN5O3. The number of aryl methyl sites for hydroxylation is 2. The molecule has 3 aromatic heterocycles. The van der Waals surface area contributed by atoms with Crippen LogP contribution in [0.5, 0.6) is 0 Å². The van der Waals surface area contributed by atoms with Gasteiger partial charge in [0.2, 0.25) is 5.76 Å². The molecule has 0 bridgehead atoms. The van der Waals surface area contributed by atoms with Gasteiger partial charge in [-0.1, -0.05) is 17.3 Å². The van der Waals surface area contributed by atoms with Gasteiger partial charge in [-0.15, -0.1) is 0 Å². The van der Waals surface area contributed by atoms with Crippen molar-refractivity contribution in [1.29, 1.82) is 0 Å². The molecule has 5 rings (SSSR count). The average molecular weight is 449 g/mol. The van der Waals surface area contributed by atoms with Crippen molar-refractivity contribution < 1.29 is 18.1 Å². The Kier molecular flexibility index (Phi) is 5.53. The summed E-state index contributed by atoms with van der Waals surface area (Å²) < 4.78 is 26.5. The molecule has 1 aliphatic heterocycles. The maximum Gasteiger partial charge on any atom is 0.292 e. The Morgan fingerprint density at radius 1 is 1.30 bits per heavy atom. The molecule has 0 saturated carbocycles. The summed E-state index contributed by atoms with van der Waals surface area (Å²) in [6.45, 7) is 3.01. The smallest absolute Gasteiger partial charge is 0.292 e. The zero-order valence-electron chi connectivity index (χ0n) is 18.5. The molecule has 1 fully saturated rings. The van der Waals surface area contributed by atoms with Crippen LogP contribution in [-0.4, -0.2) is 43.8 Å². The minimum atomic E-state index is -0.275. The monoisotopic (exact) mass is 449 g/mol. The average Bonchev–Trinajstić information content (AvgIpc) is 3.53. The Hall–Kier alpha value is -3.75. The SMILES string of the molecule is Cc1nn(C)cc1-c1cc(C(=O)N2CCCC(c3ncc(Cc4cccc(F)c4)o3)C2)on1. The summed E-state index contributed by atoms with van der Waals surface area (Å²) in [5, 5.41) is 8.38. The third-order valence-electron chi connectivity index (χ3n) is 5.91. The van der Waals surface area contributed by atoms with Crippen LogP contribution in [0.3, 0.4) is 0 Å². The summed E-state index contributed by atoms with van der Waals surface area (Å²) in [5.41, 5.74) is 3.07. The highest BCUT2D eigenvalue weighted by molar-refractivity contribution is 5.92. The van der Waals surface area contributed by atoms with Crippen LogP contribution in [-0.2, 0) is 13.5 Å². The van der Waals surface area contributed by atoms with Crippen molar-refractivity contribution in [2.75, 3.05) is 13.1 Å². The highest BCUT2D eigenvalue weighted by Crippen LogP contribution is 2.29. The molecular weight excluding hydrogens is 425 g/mol. The number of benzene rings is 1. The molecule has 0 radical (unpaired) electrons. The van der Waals surface area contributed by atoms with E-state index in [1.165, 1.54) is 12.1 Å². The van der Waals surface area contributed by atoms with Gasteiger partial charge in [0.15, 0.2) is 5.89 Å². The van der Waals surface area contributed by atoms with Crippen LogP contribution >= 0.6 is 0 Å². The van der Waals surface area contributed by atoms with E-state index < -0.39 is 0 Å². The Bertz CT molecular complexity index is 1290. The number of rotatable bonds is 5. The van der Waals surface area contributed by atoms with Crippen molar-refractivity contribution in [2.24, 2.45) is 7.05 Å². The van der Waals surface area contributed by atoms with Crippen molar-refractivity contribution in [3.63, 3.8) is 0 Å². The van der Waals surface area contributed by atoms with Crippen molar-refractivity contribution in [3.05, 3.63) is 77.2 Å². The maximum atomic E-state index is 13.4. The van der Waals surface area contributed by atoms with Gasteiger partial charge in [0.05, 0.1) is 17.8 Å². The number of carbonyl (C=O) groups excluding carboxylic acids is 1. The van der Waals surface area contributed by atoms with Gasteiger partial charge in [-0.3, -0.25) is 9.48 Å². The van der Waals surface area contributed by atoms with Crippen molar-refractivity contribution >= 4 is 5.91 Å². The van der Waals surface area contributed by atoms with Crippen LogP contribution in [0.2, 0.25) is 0 Å². The van der Waals surface area contributed by atoms with Crippen LogP contribution in [0.15, 0.2) is 51.7 Å². The van der Waals surface area contributed by atoms with Gasteiger partial charge in [0.25, 0.3) is 5.91 Å². The fourth-order valence-corrected chi connectivity index (χ4v) is 4.31. The van der Waals surface area contributed by atoms with Gasteiger partial charge in [-0.05, 0) is 37.5 Å². The van der Waals surface area contributed by atoms with E-state index in [1.54, 1.807) is 27.9 Å². The minimum absolute atomic E-state index is 0.00748. The number of halogens is 1. The van der Waals surface area contributed by atoms with E-state index in [0.717, 1.165) is 29.7 Å². The number of hydrogen-bond acceptors (Lipinski definition) is 6. The highest BCUT2D eigenvalue weighted by Gasteiger charge is 2.30. The molecule has 9 heteroatoms. The van der Waals surface area contributed by atoms with Gasteiger partial charge in [0, 0.05) is 44.4 Å². The summed E-state index contributed by atoms with van der Waals surface area (Å²) in [6, 6.07) is 8.10. The lowest BCUT2D eigenvalue weighted by molar-refractivity contribution is 0.0656. The molecule has 4 aromatic rings. The molecule has 1 saturated heterocycles. The van der Waals surface area contributed by atoms with E-state index in [9.17, 15) is 9.18 Å². The molecule has 1 atom stereocenters. The number of oxazole rings is 1. The molecule has 0 aliphatic carbocycles. The lowest BCUT2D eigenvalue weighted by atomic mass is 9.98. The molecule has 1 aromatic carbocycles. The molecule has 4 heterocycles. The Balaban J connectivity index is 1.27. The number of amides is 1. The minimum Gasteiger partial charge on any atom is -0.445 e. The number of hydrogen-bond donors (Lipinski definition) is 0. The van der Waals surface area contributed by atoms with Gasteiger partial charge < -0.3 is 13.8 Å². The summed E-state index contributed by atoms with van der Waals surface area (Å²) in [5.74, 6) is 0.989. The first kappa shape index (κ1) is 21.1. The molecule has 1 unspecified atom stereocenters. The van der Waals surface area contributed by atoms with E-state index in [2.05, 4.69) is 15.2 Å². The van der Waals surface area contributed by atoms with Gasteiger partial charge >= 0.3 is 0 Å². The first-order valence-corrected chi connectivity index (χ1v) is 10.9. The highest BCUT2D eigenvalue weighted by atomic mass is 19.1. The number of aromatic nitrogens is 4. The summed E-state index contributed by atoms with van der Waals surface area (Å²) >= 11 is 0. The first-order chi connectivity index (χ1) is 16.0. The second-order valence-corrected chi connectivity index (χ2v) is 8.44. The van der Waals surface area contributed by atoms with Gasteiger partial charge in [0.1, 0.15) is 17.3 Å². The van der Waals surface area contributed by atoms with Gasteiger partial charge in [-0.2, -0.15) is 5.10 Å². The number of carbonyl (C=O) groups is 1. The van der Waals surface area contributed by atoms with Crippen molar-refractivity contribution in [1.82, 2.24) is 24.8 Å². The Morgan fingerprint density at radius 3 is 2.97 bits per heavy atom. The largest absolute Gasteiger partial charge is 0.445 e. The Morgan fingerprint density at radius 2 is 2.18 bits per heavy atom. The number of likely N-dealkylation sites (tertiary alicyclic amines) is 1. The summed E-state index contributed by atoms with van der Waals surface area (Å²) in [4.78, 5) is 19.3. The molecule has 8 nitrogen and oxygen atoms in total. The quantitative estimate of drug-likeness (QED) is 0.455. The summed E-state index contributed by atoms with van der Waals surface area (Å²) in [7, 11) is 1.84. The van der Waals surface area contributed by atoms with Crippen LogP contribution in [0.25, 0.3) is 11.3 Å². The molecule has 170 valence electrons. The predicted molar refractivity (Wildman–Crippen MR) is 117 cm³/mol. The van der Waals surface area contributed by atoms with Crippen LogP contribution in [0.4, 0.5) is 4.39 Å². The van der Waals surface area contributed by atoms with E-state index in [-0.39, 0.29) is 23.4 Å². The van der Waals surface area contributed by atoms with Crippen molar-refractivity contribution in [2.45, 2.75) is 32.1 Å². The molecule has 33 heavy (non-hydrogen) atoms. The second kappa shape index (κ2) is 8.65. The maximum absolute atomic E-state index is 13.4. The normalized spacial score (nSPS) is 16.3. The zero-order valence-corrected chi connectivity index (χ0v) is 18.5. The van der Waals surface area contributed by atoms with Crippen LogP contribution < -0.4 is 0 Å². The Labute approximate surface area is 190 Å². The van der Waals surface area contributed by atoms with Crippen LogP contribution in [0, 0.1) is 12.7 Å².